The molecule has 0 bridgehead atoms. The lowest BCUT2D eigenvalue weighted by Crippen LogP contribution is -2.16. The van der Waals surface area contributed by atoms with Gasteiger partial charge in [0.15, 0.2) is 0 Å². The van der Waals surface area contributed by atoms with Crippen LogP contribution in [0.1, 0.15) is 5.56 Å². The van der Waals surface area contributed by atoms with Crippen LogP contribution >= 0.6 is 11.3 Å². The number of nitrogens with zero attached hydrogens (tertiary/aromatic N) is 1. The Balaban J connectivity index is 1.63. The van der Waals surface area contributed by atoms with Gasteiger partial charge in [0.25, 0.3) is 0 Å². The molecule has 0 aliphatic rings. The molecule has 3 aromatic carbocycles. The Morgan fingerprint density at radius 1 is 0.871 bits per heavy atom. The van der Waals surface area contributed by atoms with Gasteiger partial charge in [0.2, 0.25) is 10.0 Å². The highest BCUT2D eigenvalue weighted by atomic mass is 32.2. The first-order valence-corrected chi connectivity index (χ1v) is 11.6. The third-order valence-electron chi connectivity index (χ3n) is 4.36. The van der Waals surface area contributed by atoms with Crippen LogP contribution in [0.4, 0.5) is 18.9 Å². The van der Waals surface area contributed by atoms with Gasteiger partial charge in [-0.25, -0.2) is 26.6 Å². The van der Waals surface area contributed by atoms with E-state index in [0.29, 0.717) is 27.9 Å². The number of hydrogen-bond acceptors (Lipinski definition) is 4. The van der Waals surface area contributed by atoms with Gasteiger partial charge >= 0.3 is 0 Å². The van der Waals surface area contributed by atoms with Crippen molar-refractivity contribution >= 4 is 27.0 Å². The number of anilines is 1. The standard InChI is InChI=1S/C22H15F3N2O2S2/c23-15-9-14(10-16(24)11-15)13-31(28,29)27-20-8-4-2-6-18(20)21-12-30-22(26-21)17-5-1-3-7-19(17)25/h1-12,27H,13H2. The predicted octanol–water partition coefficient (Wildman–Crippen LogP) is 5.84. The lowest BCUT2D eigenvalue weighted by molar-refractivity contribution is 0.579. The zero-order valence-corrected chi connectivity index (χ0v) is 17.5. The van der Waals surface area contributed by atoms with Gasteiger partial charge in [0.05, 0.1) is 17.1 Å². The summed E-state index contributed by atoms with van der Waals surface area (Å²) in [5.41, 5.74) is 1.56. The summed E-state index contributed by atoms with van der Waals surface area (Å²) in [4.78, 5) is 4.45. The summed E-state index contributed by atoms with van der Waals surface area (Å²) in [6.45, 7) is 0. The average molecular weight is 461 g/mol. The lowest BCUT2D eigenvalue weighted by atomic mass is 10.1. The fourth-order valence-electron chi connectivity index (χ4n) is 3.07. The first-order valence-electron chi connectivity index (χ1n) is 9.06. The zero-order chi connectivity index (χ0) is 22.0. The number of thiazole rings is 1. The molecule has 0 amide bonds. The Hall–Kier alpha value is -3.17. The second kappa shape index (κ2) is 8.52. The SMILES string of the molecule is O=S(=O)(Cc1cc(F)cc(F)c1)Nc1ccccc1-c1csc(-c2ccccc2F)n1. The maximum absolute atomic E-state index is 14.1. The van der Waals surface area contributed by atoms with E-state index in [1.54, 1.807) is 47.8 Å². The molecule has 0 saturated carbocycles. The van der Waals surface area contributed by atoms with Gasteiger partial charge in [0.1, 0.15) is 22.5 Å². The van der Waals surface area contributed by atoms with Crippen LogP contribution < -0.4 is 4.72 Å². The van der Waals surface area contributed by atoms with E-state index in [0.717, 1.165) is 12.1 Å². The summed E-state index contributed by atoms with van der Waals surface area (Å²) in [5.74, 6) is -2.71. The molecule has 1 N–H and O–H groups in total. The molecule has 0 saturated heterocycles. The summed E-state index contributed by atoms with van der Waals surface area (Å²) in [6.07, 6.45) is 0. The van der Waals surface area contributed by atoms with Gasteiger partial charge in [-0.2, -0.15) is 0 Å². The van der Waals surface area contributed by atoms with Crippen LogP contribution in [0.3, 0.4) is 0 Å². The van der Waals surface area contributed by atoms with E-state index in [1.807, 2.05) is 0 Å². The molecule has 0 spiro atoms. The average Bonchev–Trinajstić information content (AvgIpc) is 3.17. The summed E-state index contributed by atoms with van der Waals surface area (Å²) in [6, 6.07) is 15.5. The molecule has 4 aromatic rings. The maximum atomic E-state index is 14.1. The smallest absolute Gasteiger partial charge is 0.236 e. The van der Waals surface area contributed by atoms with Crippen molar-refractivity contribution in [1.82, 2.24) is 4.98 Å². The largest absolute Gasteiger partial charge is 0.283 e. The molecule has 31 heavy (non-hydrogen) atoms. The van der Waals surface area contributed by atoms with Gasteiger partial charge in [0, 0.05) is 22.6 Å². The second-order valence-electron chi connectivity index (χ2n) is 6.70. The second-order valence-corrected chi connectivity index (χ2v) is 9.28. The topological polar surface area (TPSA) is 59.1 Å². The van der Waals surface area contributed by atoms with Crippen molar-refractivity contribution in [2.75, 3.05) is 4.72 Å². The first kappa shape index (κ1) is 21.1. The Labute approximate surface area is 181 Å². The van der Waals surface area contributed by atoms with E-state index in [1.165, 1.54) is 17.4 Å². The van der Waals surface area contributed by atoms with Crippen LogP contribution in [-0.2, 0) is 15.8 Å². The third-order valence-corrected chi connectivity index (χ3v) is 6.48. The van der Waals surface area contributed by atoms with E-state index < -0.39 is 33.2 Å². The van der Waals surface area contributed by atoms with E-state index in [2.05, 4.69) is 9.71 Å². The van der Waals surface area contributed by atoms with Crippen molar-refractivity contribution in [1.29, 1.82) is 0 Å². The summed E-state index contributed by atoms with van der Waals surface area (Å²) in [7, 11) is -3.97. The van der Waals surface area contributed by atoms with Crippen molar-refractivity contribution in [3.8, 4) is 21.8 Å². The number of hydrogen-bond donors (Lipinski definition) is 1. The lowest BCUT2D eigenvalue weighted by Gasteiger charge is -2.12. The molecule has 0 atom stereocenters. The van der Waals surface area contributed by atoms with Crippen molar-refractivity contribution < 1.29 is 21.6 Å². The number of benzene rings is 3. The monoisotopic (exact) mass is 460 g/mol. The Bertz CT molecular complexity index is 1330. The highest BCUT2D eigenvalue weighted by molar-refractivity contribution is 7.91. The third kappa shape index (κ3) is 4.95. The van der Waals surface area contributed by atoms with Crippen LogP contribution in [0.2, 0.25) is 0 Å². The van der Waals surface area contributed by atoms with E-state index in [4.69, 9.17) is 0 Å². The summed E-state index contributed by atoms with van der Waals surface area (Å²) in [5, 5.41) is 2.16. The molecule has 0 fully saturated rings. The van der Waals surface area contributed by atoms with Gasteiger partial charge in [-0.1, -0.05) is 30.3 Å². The zero-order valence-electron chi connectivity index (χ0n) is 15.8. The van der Waals surface area contributed by atoms with Gasteiger partial charge in [-0.15, -0.1) is 11.3 Å². The number of rotatable bonds is 6. The number of aromatic nitrogens is 1. The molecule has 1 aromatic heterocycles. The van der Waals surface area contributed by atoms with Gasteiger partial charge in [-0.05, 0) is 35.9 Å². The van der Waals surface area contributed by atoms with Gasteiger partial charge < -0.3 is 0 Å². The van der Waals surface area contributed by atoms with Crippen LogP contribution in [-0.4, -0.2) is 13.4 Å². The molecule has 0 aliphatic heterocycles. The maximum Gasteiger partial charge on any atom is 0.236 e. The normalized spacial score (nSPS) is 11.5. The molecule has 0 radical (unpaired) electrons. The van der Waals surface area contributed by atoms with Crippen molar-refractivity contribution in [3.63, 3.8) is 0 Å². The van der Waals surface area contributed by atoms with Crippen molar-refractivity contribution in [2.45, 2.75) is 5.75 Å². The molecule has 4 rings (SSSR count). The number of halogens is 3. The van der Waals surface area contributed by atoms with Crippen molar-refractivity contribution in [3.05, 3.63) is 95.1 Å². The van der Waals surface area contributed by atoms with Crippen molar-refractivity contribution in [2.24, 2.45) is 0 Å². The highest BCUT2D eigenvalue weighted by Gasteiger charge is 2.18. The molecule has 9 heteroatoms. The predicted molar refractivity (Wildman–Crippen MR) is 116 cm³/mol. The quantitative estimate of drug-likeness (QED) is 0.394. The minimum absolute atomic E-state index is 0.0158. The molecule has 4 nitrogen and oxygen atoms in total. The fourth-order valence-corrected chi connectivity index (χ4v) is 5.11. The van der Waals surface area contributed by atoms with E-state index in [9.17, 15) is 21.6 Å². The Kier molecular flexibility index (Phi) is 5.79. The molecule has 0 unspecified atom stereocenters. The summed E-state index contributed by atoms with van der Waals surface area (Å²) >= 11 is 1.23. The van der Waals surface area contributed by atoms with Gasteiger partial charge in [-0.3, -0.25) is 4.72 Å². The first-order chi connectivity index (χ1) is 14.8. The van der Waals surface area contributed by atoms with Crippen LogP contribution in [0, 0.1) is 17.5 Å². The molecular formula is C22H15F3N2O2S2. The fraction of sp³-hybridized carbons (Fsp3) is 0.0455. The molecule has 158 valence electrons. The van der Waals surface area contributed by atoms with E-state index in [-0.39, 0.29) is 11.3 Å². The van der Waals surface area contributed by atoms with Crippen LogP contribution in [0.5, 0.6) is 0 Å². The number of para-hydroxylation sites is 1. The Morgan fingerprint density at radius 3 is 2.23 bits per heavy atom. The van der Waals surface area contributed by atoms with Crippen LogP contribution in [0.15, 0.2) is 72.1 Å². The number of sulfonamides is 1. The molecule has 0 aliphatic carbocycles. The minimum Gasteiger partial charge on any atom is -0.283 e. The van der Waals surface area contributed by atoms with E-state index >= 15 is 0 Å². The minimum atomic E-state index is -3.97. The number of nitrogens with one attached hydrogen (secondary N) is 1. The Morgan fingerprint density at radius 2 is 1.52 bits per heavy atom. The summed E-state index contributed by atoms with van der Waals surface area (Å²) < 4.78 is 68.6. The molecular weight excluding hydrogens is 445 g/mol. The highest BCUT2D eigenvalue weighted by Crippen LogP contribution is 2.34. The molecule has 1 heterocycles. The van der Waals surface area contributed by atoms with Crippen LogP contribution in [0.25, 0.3) is 21.8 Å².